The van der Waals surface area contributed by atoms with Crippen molar-refractivity contribution in [1.29, 1.82) is 0 Å². The van der Waals surface area contributed by atoms with Crippen molar-refractivity contribution in [2.75, 3.05) is 43.9 Å². The van der Waals surface area contributed by atoms with E-state index in [0.29, 0.717) is 35.2 Å². The van der Waals surface area contributed by atoms with E-state index in [-0.39, 0.29) is 11.8 Å². The molecule has 2 aliphatic rings. The number of aromatic nitrogens is 1. The summed E-state index contributed by atoms with van der Waals surface area (Å²) >= 11 is 0. The number of para-hydroxylation sites is 1. The fourth-order valence-corrected chi connectivity index (χ4v) is 4.62. The molecule has 7 nitrogen and oxygen atoms in total. The van der Waals surface area contributed by atoms with Crippen molar-refractivity contribution in [3.05, 3.63) is 48.2 Å². The molecule has 1 unspecified atom stereocenters. The molecule has 0 saturated carbocycles. The number of fused-ring (bicyclic) bond motifs is 2. The Morgan fingerprint density at radius 2 is 2.03 bits per heavy atom. The van der Waals surface area contributed by atoms with Gasteiger partial charge >= 0.3 is 0 Å². The number of pyridine rings is 1. The van der Waals surface area contributed by atoms with Crippen LogP contribution in [-0.4, -0.2) is 66.4 Å². The molecule has 7 heteroatoms. The number of carbonyl (C=O) groups is 2. The van der Waals surface area contributed by atoms with Crippen LogP contribution in [-0.2, 0) is 4.79 Å². The van der Waals surface area contributed by atoms with Gasteiger partial charge in [0.1, 0.15) is 0 Å². The Labute approximate surface area is 184 Å². The lowest BCUT2D eigenvalue weighted by Crippen LogP contribution is -2.45. The van der Waals surface area contributed by atoms with E-state index in [1.54, 1.807) is 29.3 Å². The third-order valence-corrected chi connectivity index (χ3v) is 6.05. The molecule has 0 bridgehead atoms. The smallest absolute Gasteiger partial charge is 0.257 e. The summed E-state index contributed by atoms with van der Waals surface area (Å²) in [7, 11) is 4.24. The molecule has 1 N–H and O–H groups in total. The molecule has 2 aromatic rings. The number of hydrogen-bond acceptors (Lipinski definition) is 5. The number of piperidine rings is 1. The number of carbonyl (C=O) groups excluding carboxylic acids is 2. The van der Waals surface area contributed by atoms with Crippen molar-refractivity contribution in [2.45, 2.75) is 38.1 Å². The van der Waals surface area contributed by atoms with Crippen LogP contribution >= 0.6 is 0 Å². The highest BCUT2D eigenvalue weighted by Crippen LogP contribution is 2.36. The third-order valence-electron chi connectivity index (χ3n) is 6.05. The van der Waals surface area contributed by atoms with Crippen molar-refractivity contribution in [3.63, 3.8) is 0 Å². The number of nitrogens with one attached hydrogen (secondary N) is 1. The standard InChI is InChI=1S/C24H31N5O2/c1-27(2)17-18-9-5-6-15-28(18)16-8-13-22(30)29-21-12-4-3-10-19(21)24(31)26-20-11-7-14-25-23(20)29/h3-4,7,10-12,14,18H,5-6,8-9,13,15-17H2,1-2H3,(H,26,31). The number of hydrogen-bond donors (Lipinski definition) is 1. The Bertz CT molecular complexity index is 945. The Balaban J connectivity index is 1.50. The minimum Gasteiger partial charge on any atom is -0.319 e. The Morgan fingerprint density at radius 3 is 2.87 bits per heavy atom. The summed E-state index contributed by atoms with van der Waals surface area (Å²) < 4.78 is 0. The molecular weight excluding hydrogens is 390 g/mol. The first kappa shape index (κ1) is 21.5. The lowest BCUT2D eigenvalue weighted by atomic mass is 10.0. The fourth-order valence-electron chi connectivity index (χ4n) is 4.62. The summed E-state index contributed by atoms with van der Waals surface area (Å²) in [5.74, 6) is 0.222. The lowest BCUT2D eigenvalue weighted by molar-refractivity contribution is -0.118. The van der Waals surface area contributed by atoms with Gasteiger partial charge in [0.15, 0.2) is 5.82 Å². The van der Waals surface area contributed by atoms with Crippen molar-refractivity contribution in [3.8, 4) is 0 Å². The molecule has 31 heavy (non-hydrogen) atoms. The first-order chi connectivity index (χ1) is 15.0. The van der Waals surface area contributed by atoms with Crippen LogP contribution < -0.4 is 10.2 Å². The van der Waals surface area contributed by atoms with Crippen LogP contribution in [0.5, 0.6) is 0 Å². The van der Waals surface area contributed by atoms with Gasteiger partial charge < -0.3 is 10.2 Å². The van der Waals surface area contributed by atoms with E-state index in [1.165, 1.54) is 19.3 Å². The van der Waals surface area contributed by atoms with E-state index < -0.39 is 0 Å². The Kier molecular flexibility index (Phi) is 6.63. The monoisotopic (exact) mass is 421 g/mol. The predicted octanol–water partition coefficient (Wildman–Crippen LogP) is 3.51. The van der Waals surface area contributed by atoms with Gasteiger partial charge in [-0.2, -0.15) is 0 Å². The normalized spacial score (nSPS) is 18.9. The molecule has 0 radical (unpaired) electrons. The number of likely N-dealkylation sites (N-methyl/N-ethyl adjacent to an activating group) is 1. The quantitative estimate of drug-likeness (QED) is 0.773. The molecule has 0 aliphatic carbocycles. The predicted molar refractivity (Wildman–Crippen MR) is 123 cm³/mol. The van der Waals surface area contributed by atoms with Gasteiger partial charge in [-0.05, 0) is 70.7 Å². The molecule has 1 aromatic carbocycles. The average Bonchev–Trinajstić information content (AvgIpc) is 2.88. The van der Waals surface area contributed by atoms with Crippen LogP contribution in [0, 0.1) is 0 Å². The molecule has 1 fully saturated rings. The largest absolute Gasteiger partial charge is 0.319 e. The second kappa shape index (κ2) is 9.58. The summed E-state index contributed by atoms with van der Waals surface area (Å²) in [6.45, 7) is 3.06. The number of amides is 2. The average molecular weight is 422 g/mol. The lowest BCUT2D eigenvalue weighted by Gasteiger charge is -2.37. The molecule has 1 aromatic heterocycles. The molecule has 3 heterocycles. The maximum atomic E-state index is 13.4. The molecule has 2 amide bonds. The van der Waals surface area contributed by atoms with E-state index in [1.807, 2.05) is 18.2 Å². The third kappa shape index (κ3) is 4.78. The second-order valence-electron chi connectivity index (χ2n) is 8.63. The van der Waals surface area contributed by atoms with Crippen LogP contribution in [0.1, 0.15) is 42.5 Å². The molecule has 2 aliphatic heterocycles. The van der Waals surface area contributed by atoms with Crippen LogP contribution in [0.2, 0.25) is 0 Å². The zero-order valence-electron chi connectivity index (χ0n) is 18.4. The zero-order chi connectivity index (χ0) is 21.8. The van der Waals surface area contributed by atoms with Crippen LogP contribution in [0.3, 0.4) is 0 Å². The van der Waals surface area contributed by atoms with Gasteiger partial charge in [-0.25, -0.2) is 4.98 Å². The minimum atomic E-state index is -0.222. The topological polar surface area (TPSA) is 68.8 Å². The van der Waals surface area contributed by atoms with E-state index in [0.717, 1.165) is 26.1 Å². The van der Waals surface area contributed by atoms with Crippen molar-refractivity contribution >= 4 is 29.0 Å². The van der Waals surface area contributed by atoms with Crippen molar-refractivity contribution in [1.82, 2.24) is 14.8 Å². The summed E-state index contributed by atoms with van der Waals surface area (Å²) in [4.78, 5) is 36.9. The van der Waals surface area contributed by atoms with Crippen LogP contribution in [0.25, 0.3) is 0 Å². The summed E-state index contributed by atoms with van der Waals surface area (Å²) in [5, 5.41) is 2.89. The summed E-state index contributed by atoms with van der Waals surface area (Å²) in [6, 6.07) is 11.3. The first-order valence-corrected chi connectivity index (χ1v) is 11.1. The molecule has 4 rings (SSSR count). The highest BCUT2D eigenvalue weighted by atomic mass is 16.2. The maximum Gasteiger partial charge on any atom is 0.257 e. The van der Waals surface area contributed by atoms with Gasteiger partial charge in [0.2, 0.25) is 5.91 Å². The highest BCUT2D eigenvalue weighted by Gasteiger charge is 2.30. The van der Waals surface area contributed by atoms with Gasteiger partial charge in [0.25, 0.3) is 5.91 Å². The van der Waals surface area contributed by atoms with Crippen molar-refractivity contribution in [2.24, 2.45) is 0 Å². The zero-order valence-corrected chi connectivity index (χ0v) is 18.4. The van der Waals surface area contributed by atoms with Crippen molar-refractivity contribution < 1.29 is 9.59 Å². The number of rotatable bonds is 6. The van der Waals surface area contributed by atoms with E-state index >= 15 is 0 Å². The first-order valence-electron chi connectivity index (χ1n) is 11.1. The van der Waals surface area contributed by atoms with Gasteiger partial charge in [-0.3, -0.25) is 19.4 Å². The Hall–Kier alpha value is -2.77. The molecule has 164 valence electrons. The van der Waals surface area contributed by atoms with Crippen LogP contribution in [0.4, 0.5) is 17.2 Å². The maximum absolute atomic E-state index is 13.4. The number of benzene rings is 1. The molecule has 0 spiro atoms. The Morgan fingerprint density at radius 1 is 1.19 bits per heavy atom. The number of likely N-dealkylation sites (tertiary alicyclic amines) is 1. The van der Waals surface area contributed by atoms with Gasteiger partial charge in [0.05, 0.1) is 16.9 Å². The highest BCUT2D eigenvalue weighted by molar-refractivity contribution is 6.17. The fraction of sp³-hybridized carbons (Fsp3) is 0.458. The molecule has 1 saturated heterocycles. The summed E-state index contributed by atoms with van der Waals surface area (Å²) in [5.41, 5.74) is 1.63. The van der Waals surface area contributed by atoms with E-state index in [2.05, 4.69) is 34.2 Å². The van der Waals surface area contributed by atoms with Gasteiger partial charge in [-0.1, -0.05) is 18.6 Å². The van der Waals surface area contributed by atoms with Crippen LogP contribution in [0.15, 0.2) is 42.6 Å². The SMILES string of the molecule is CN(C)CC1CCCCN1CCCC(=O)N1c2ccccc2C(=O)Nc2cccnc21. The minimum absolute atomic E-state index is 0.0370. The van der Waals surface area contributed by atoms with Gasteiger partial charge in [0, 0.05) is 25.2 Å². The van der Waals surface area contributed by atoms with E-state index in [4.69, 9.17) is 0 Å². The summed E-state index contributed by atoms with van der Waals surface area (Å²) in [6.07, 6.45) is 6.56. The number of anilines is 3. The number of nitrogens with zero attached hydrogens (tertiary/aromatic N) is 4. The van der Waals surface area contributed by atoms with E-state index in [9.17, 15) is 9.59 Å². The molecule has 1 atom stereocenters. The second-order valence-corrected chi connectivity index (χ2v) is 8.63. The molecular formula is C24H31N5O2. The van der Waals surface area contributed by atoms with Gasteiger partial charge in [-0.15, -0.1) is 0 Å².